The highest BCUT2D eigenvalue weighted by molar-refractivity contribution is 8.01. The van der Waals surface area contributed by atoms with Crippen molar-refractivity contribution in [2.75, 3.05) is 0 Å². The summed E-state index contributed by atoms with van der Waals surface area (Å²) in [5.41, 5.74) is 1.63. The van der Waals surface area contributed by atoms with Gasteiger partial charge in [-0.2, -0.15) is 0 Å². The fourth-order valence-corrected chi connectivity index (χ4v) is 5.45. The topological polar surface area (TPSA) is 72.9 Å². The Bertz CT molecular complexity index is 999. The molecule has 2 fully saturated rings. The summed E-state index contributed by atoms with van der Waals surface area (Å²) >= 11 is 1.55. The second-order valence-corrected chi connectivity index (χ2v) is 9.34. The third-order valence-corrected chi connectivity index (χ3v) is 6.95. The smallest absolute Gasteiger partial charge is 0.421 e. The van der Waals surface area contributed by atoms with E-state index in [1.165, 1.54) is 6.08 Å². The van der Waals surface area contributed by atoms with E-state index in [1.807, 2.05) is 73.7 Å². The SMILES string of the molecule is C[C@@]1(/C=C/C=C/C=O)S[C@@H]2CC(=O)N2[C@H]1OC(=O)OC(c1ccccc1)c1ccccc1. The molecular weight excluding hydrogens is 426 g/mol. The number of rotatable bonds is 7. The summed E-state index contributed by atoms with van der Waals surface area (Å²) in [4.78, 5) is 37.3. The average molecular weight is 450 g/mol. The van der Waals surface area contributed by atoms with Crippen LogP contribution < -0.4 is 0 Å². The lowest BCUT2D eigenvalue weighted by molar-refractivity contribution is -0.157. The maximum atomic E-state index is 12.9. The standard InChI is InChI=1S/C25H23NO5S/c1-25(15-9-4-10-16-27)23(26-20(28)17-21(26)32-25)31-24(29)30-22(18-11-5-2-6-12-18)19-13-7-3-8-14-19/h2-16,21-23H,17H2,1H3/b10-4+,15-9+/t21-,23+,25+/m1/s1. The summed E-state index contributed by atoms with van der Waals surface area (Å²) in [6, 6.07) is 18.9. The number of aldehydes is 1. The summed E-state index contributed by atoms with van der Waals surface area (Å²) in [6.07, 6.45) is 5.33. The highest BCUT2D eigenvalue weighted by atomic mass is 32.2. The molecule has 2 aromatic carbocycles. The van der Waals surface area contributed by atoms with Gasteiger partial charge in [-0.3, -0.25) is 14.5 Å². The summed E-state index contributed by atoms with van der Waals surface area (Å²) in [5.74, 6) is -0.0662. The minimum atomic E-state index is -0.850. The Labute approximate surface area is 190 Å². The van der Waals surface area contributed by atoms with Gasteiger partial charge in [0.1, 0.15) is 6.29 Å². The molecule has 0 bridgehead atoms. The quantitative estimate of drug-likeness (QED) is 0.202. The normalized spacial score (nSPS) is 24.6. The molecule has 0 saturated carbocycles. The second kappa shape index (κ2) is 9.44. The van der Waals surface area contributed by atoms with Crippen molar-refractivity contribution in [1.29, 1.82) is 0 Å². The predicted molar refractivity (Wildman–Crippen MR) is 122 cm³/mol. The van der Waals surface area contributed by atoms with E-state index in [4.69, 9.17) is 9.47 Å². The van der Waals surface area contributed by atoms with Crippen molar-refractivity contribution in [2.45, 2.75) is 35.8 Å². The van der Waals surface area contributed by atoms with Gasteiger partial charge in [-0.15, -0.1) is 11.8 Å². The van der Waals surface area contributed by atoms with E-state index in [9.17, 15) is 14.4 Å². The molecule has 2 heterocycles. The number of carbonyl (C=O) groups excluding carboxylic acids is 3. The Morgan fingerprint density at radius 1 is 1.06 bits per heavy atom. The number of carbonyl (C=O) groups is 3. The van der Waals surface area contributed by atoms with Gasteiger partial charge in [0.2, 0.25) is 5.91 Å². The molecule has 2 aromatic rings. The van der Waals surface area contributed by atoms with Crippen molar-refractivity contribution in [3.8, 4) is 0 Å². The number of benzene rings is 2. The third-order valence-electron chi connectivity index (χ3n) is 5.43. The van der Waals surface area contributed by atoms with Crippen LogP contribution in [0, 0.1) is 0 Å². The Morgan fingerprint density at radius 3 is 2.25 bits per heavy atom. The van der Waals surface area contributed by atoms with E-state index in [2.05, 4.69) is 0 Å². The first kappa shape index (κ1) is 21.9. The van der Waals surface area contributed by atoms with Crippen LogP contribution in [0.2, 0.25) is 0 Å². The van der Waals surface area contributed by atoms with Crippen LogP contribution in [0.1, 0.15) is 30.6 Å². The number of nitrogens with zero attached hydrogens (tertiary/aromatic N) is 1. The van der Waals surface area contributed by atoms with Gasteiger partial charge in [-0.25, -0.2) is 4.79 Å². The van der Waals surface area contributed by atoms with Gasteiger partial charge in [0, 0.05) is 0 Å². The lowest BCUT2D eigenvalue weighted by Gasteiger charge is -2.37. The molecule has 2 aliphatic rings. The molecule has 6 nitrogen and oxygen atoms in total. The first-order valence-corrected chi connectivity index (χ1v) is 11.2. The molecule has 0 aromatic heterocycles. The zero-order chi connectivity index (χ0) is 22.6. The molecule has 2 saturated heterocycles. The third kappa shape index (κ3) is 4.48. The molecule has 32 heavy (non-hydrogen) atoms. The second-order valence-electron chi connectivity index (χ2n) is 7.68. The number of allylic oxidation sites excluding steroid dienone is 3. The van der Waals surface area contributed by atoms with Crippen molar-refractivity contribution in [2.24, 2.45) is 0 Å². The van der Waals surface area contributed by atoms with E-state index in [1.54, 1.807) is 28.8 Å². The van der Waals surface area contributed by atoms with Gasteiger partial charge in [0.25, 0.3) is 0 Å². The maximum absolute atomic E-state index is 12.9. The summed E-state index contributed by atoms with van der Waals surface area (Å²) < 4.78 is 10.8. The molecule has 0 N–H and O–H groups in total. The Morgan fingerprint density at radius 2 is 1.69 bits per heavy atom. The van der Waals surface area contributed by atoms with Gasteiger partial charge >= 0.3 is 6.16 Å². The molecule has 0 spiro atoms. The number of hydrogen-bond donors (Lipinski definition) is 0. The predicted octanol–water partition coefficient (Wildman–Crippen LogP) is 4.63. The summed E-state index contributed by atoms with van der Waals surface area (Å²) in [7, 11) is 0. The highest BCUT2D eigenvalue weighted by Gasteiger charge is 2.59. The van der Waals surface area contributed by atoms with Gasteiger partial charge in [0.05, 0.1) is 16.5 Å². The lowest BCUT2D eigenvalue weighted by Crippen LogP contribution is -2.55. The van der Waals surface area contributed by atoms with Crippen molar-refractivity contribution in [3.05, 3.63) is 96.1 Å². The Hall–Kier alpha value is -3.32. The molecule has 1 amide bonds. The Kier molecular flexibility index (Phi) is 6.46. The molecule has 0 unspecified atom stereocenters. The largest absolute Gasteiger partial charge is 0.511 e. The van der Waals surface area contributed by atoms with Crippen LogP contribution in [-0.4, -0.2) is 39.6 Å². The van der Waals surface area contributed by atoms with Crippen molar-refractivity contribution in [1.82, 2.24) is 4.90 Å². The van der Waals surface area contributed by atoms with Crippen LogP contribution in [-0.2, 0) is 19.1 Å². The van der Waals surface area contributed by atoms with Gasteiger partial charge in [-0.1, -0.05) is 78.9 Å². The molecule has 3 atom stereocenters. The van der Waals surface area contributed by atoms with Crippen LogP contribution in [0.15, 0.2) is 85.0 Å². The van der Waals surface area contributed by atoms with Crippen LogP contribution in [0.5, 0.6) is 0 Å². The number of thioether (sulfide) groups is 1. The van der Waals surface area contributed by atoms with E-state index in [0.29, 0.717) is 12.7 Å². The summed E-state index contributed by atoms with van der Waals surface area (Å²) in [6.45, 7) is 1.90. The molecule has 0 radical (unpaired) electrons. The van der Waals surface area contributed by atoms with Gasteiger partial charge in [-0.05, 0) is 24.1 Å². The molecule has 7 heteroatoms. The van der Waals surface area contributed by atoms with Crippen molar-refractivity contribution < 1.29 is 23.9 Å². The number of β-lactam (4-membered cyclic amide) rings is 1. The van der Waals surface area contributed by atoms with Crippen LogP contribution in [0.3, 0.4) is 0 Å². The number of amides is 1. The lowest BCUT2D eigenvalue weighted by atomic mass is 10.0. The van der Waals surface area contributed by atoms with Crippen LogP contribution in [0.25, 0.3) is 0 Å². The molecule has 4 rings (SSSR count). The van der Waals surface area contributed by atoms with E-state index in [0.717, 1.165) is 11.1 Å². The molecular formula is C25H23NO5S. The number of ether oxygens (including phenoxy) is 2. The van der Waals surface area contributed by atoms with Crippen molar-refractivity contribution in [3.63, 3.8) is 0 Å². The number of fused-ring (bicyclic) bond motifs is 1. The highest BCUT2D eigenvalue weighted by Crippen LogP contribution is 2.52. The average Bonchev–Trinajstić information content (AvgIpc) is 3.02. The molecule has 0 aliphatic carbocycles. The minimum Gasteiger partial charge on any atom is -0.421 e. The van der Waals surface area contributed by atoms with Crippen LogP contribution >= 0.6 is 11.8 Å². The molecule has 2 aliphatic heterocycles. The van der Waals surface area contributed by atoms with E-state index in [-0.39, 0.29) is 11.3 Å². The summed E-state index contributed by atoms with van der Waals surface area (Å²) in [5, 5.41) is -0.0518. The van der Waals surface area contributed by atoms with Gasteiger partial charge < -0.3 is 9.47 Å². The minimum absolute atomic E-state index is 0.0518. The Balaban J connectivity index is 1.55. The molecule has 164 valence electrons. The van der Waals surface area contributed by atoms with Crippen LogP contribution in [0.4, 0.5) is 4.79 Å². The first-order chi connectivity index (χ1) is 15.5. The van der Waals surface area contributed by atoms with Crippen molar-refractivity contribution >= 4 is 30.1 Å². The zero-order valence-corrected chi connectivity index (χ0v) is 18.3. The van der Waals surface area contributed by atoms with E-state index >= 15 is 0 Å². The van der Waals surface area contributed by atoms with Gasteiger partial charge in [0.15, 0.2) is 12.3 Å². The fourth-order valence-electron chi connectivity index (χ4n) is 3.86. The number of hydrogen-bond acceptors (Lipinski definition) is 6. The fraction of sp³-hybridized carbons (Fsp3) is 0.240. The first-order valence-electron chi connectivity index (χ1n) is 10.3. The van der Waals surface area contributed by atoms with E-state index < -0.39 is 23.2 Å². The zero-order valence-electron chi connectivity index (χ0n) is 17.5. The maximum Gasteiger partial charge on any atom is 0.511 e. The monoisotopic (exact) mass is 449 g/mol.